The summed E-state index contributed by atoms with van der Waals surface area (Å²) in [5.41, 5.74) is 1.33. The van der Waals surface area contributed by atoms with Crippen LogP contribution in [0.4, 0.5) is 10.1 Å². The lowest BCUT2D eigenvalue weighted by molar-refractivity contribution is -0.129. The quantitative estimate of drug-likeness (QED) is 0.778. The highest BCUT2D eigenvalue weighted by Gasteiger charge is 2.37. The van der Waals surface area contributed by atoms with E-state index in [0.29, 0.717) is 19.4 Å². The van der Waals surface area contributed by atoms with Gasteiger partial charge in [0.15, 0.2) is 0 Å². The third kappa shape index (κ3) is 3.96. The van der Waals surface area contributed by atoms with Crippen LogP contribution in [0.3, 0.4) is 0 Å². The minimum atomic E-state index is -0.406. The third-order valence-corrected chi connectivity index (χ3v) is 5.53. The summed E-state index contributed by atoms with van der Waals surface area (Å²) >= 11 is 0. The Bertz CT molecular complexity index is 623. The Labute approximate surface area is 148 Å². The molecule has 5 nitrogen and oxygen atoms in total. The number of hydrogen-bond acceptors (Lipinski definition) is 4. The molecule has 1 aromatic carbocycles. The molecule has 3 N–H and O–H groups in total. The molecule has 0 bridgehead atoms. The van der Waals surface area contributed by atoms with Crippen LogP contribution in [0.25, 0.3) is 0 Å². The summed E-state index contributed by atoms with van der Waals surface area (Å²) in [5.74, 6) is -0.292. The van der Waals surface area contributed by atoms with Crippen LogP contribution in [0.2, 0.25) is 0 Å². The summed E-state index contributed by atoms with van der Waals surface area (Å²) in [6.45, 7) is 6.86. The maximum absolute atomic E-state index is 13.9. The van der Waals surface area contributed by atoms with Crippen molar-refractivity contribution in [3.63, 3.8) is 0 Å². The Kier molecular flexibility index (Phi) is 5.29. The van der Waals surface area contributed by atoms with Crippen LogP contribution in [0, 0.1) is 11.2 Å². The highest BCUT2D eigenvalue weighted by atomic mass is 19.1. The number of aliphatic hydroxyl groups excluding tert-OH is 1. The maximum atomic E-state index is 13.9. The number of halogens is 1. The van der Waals surface area contributed by atoms with Gasteiger partial charge < -0.3 is 20.6 Å². The minimum absolute atomic E-state index is 0.00859. The zero-order chi connectivity index (χ0) is 18.0. The van der Waals surface area contributed by atoms with E-state index in [0.717, 1.165) is 37.3 Å². The standard InChI is InChI=1S/C19H28FN3O2/c1-13(22-18(25)19(2)7-8-21-12-19)16-11-14(20)3-4-17(16)23-9-5-15(24)6-10-23/h3-4,11,13,15,21,24H,5-10,12H2,1-2H3,(H,22,25)/t13-,19+/m1/s1. The van der Waals surface area contributed by atoms with Gasteiger partial charge in [0, 0.05) is 30.9 Å². The molecule has 2 heterocycles. The Morgan fingerprint density at radius 1 is 1.44 bits per heavy atom. The number of aliphatic hydroxyl groups is 1. The zero-order valence-electron chi connectivity index (χ0n) is 15.0. The molecule has 25 heavy (non-hydrogen) atoms. The van der Waals surface area contributed by atoms with Crippen LogP contribution in [-0.4, -0.2) is 43.3 Å². The Morgan fingerprint density at radius 2 is 2.16 bits per heavy atom. The molecule has 2 atom stereocenters. The molecule has 0 saturated carbocycles. The first kappa shape index (κ1) is 18.1. The molecule has 1 amide bonds. The van der Waals surface area contributed by atoms with Crippen molar-refractivity contribution >= 4 is 11.6 Å². The summed E-state index contributed by atoms with van der Waals surface area (Å²) in [4.78, 5) is 14.8. The van der Waals surface area contributed by atoms with Gasteiger partial charge in [-0.05, 0) is 57.9 Å². The van der Waals surface area contributed by atoms with Crippen molar-refractivity contribution in [2.75, 3.05) is 31.1 Å². The van der Waals surface area contributed by atoms with E-state index in [1.54, 1.807) is 6.07 Å². The second kappa shape index (κ2) is 7.30. The molecule has 6 heteroatoms. The number of anilines is 1. The van der Waals surface area contributed by atoms with Crippen molar-refractivity contribution in [2.24, 2.45) is 5.41 Å². The molecule has 0 spiro atoms. The normalized spacial score (nSPS) is 25.8. The van der Waals surface area contributed by atoms with Crippen molar-refractivity contribution in [1.29, 1.82) is 0 Å². The van der Waals surface area contributed by atoms with Crippen molar-refractivity contribution in [2.45, 2.75) is 45.3 Å². The van der Waals surface area contributed by atoms with Gasteiger partial charge in [0.1, 0.15) is 5.82 Å². The molecule has 0 aliphatic carbocycles. The predicted octanol–water partition coefficient (Wildman–Crippen LogP) is 1.96. The van der Waals surface area contributed by atoms with Crippen LogP contribution >= 0.6 is 0 Å². The van der Waals surface area contributed by atoms with E-state index in [-0.39, 0.29) is 23.9 Å². The second-order valence-corrected chi connectivity index (χ2v) is 7.60. The van der Waals surface area contributed by atoms with Crippen LogP contribution in [0.15, 0.2) is 18.2 Å². The van der Waals surface area contributed by atoms with Gasteiger partial charge in [-0.3, -0.25) is 4.79 Å². The van der Waals surface area contributed by atoms with Crippen molar-refractivity contribution in [1.82, 2.24) is 10.6 Å². The molecule has 0 radical (unpaired) electrons. The van der Waals surface area contributed by atoms with Gasteiger partial charge in [0.2, 0.25) is 5.91 Å². The van der Waals surface area contributed by atoms with Gasteiger partial charge >= 0.3 is 0 Å². The number of rotatable bonds is 4. The first-order chi connectivity index (χ1) is 11.9. The lowest BCUT2D eigenvalue weighted by Gasteiger charge is -2.34. The van der Waals surface area contributed by atoms with Crippen LogP contribution < -0.4 is 15.5 Å². The molecule has 0 unspecified atom stereocenters. The van der Waals surface area contributed by atoms with E-state index in [2.05, 4.69) is 15.5 Å². The monoisotopic (exact) mass is 349 g/mol. The van der Waals surface area contributed by atoms with E-state index >= 15 is 0 Å². The fraction of sp³-hybridized carbons (Fsp3) is 0.632. The minimum Gasteiger partial charge on any atom is -0.393 e. The molecule has 3 rings (SSSR count). The lowest BCUT2D eigenvalue weighted by atomic mass is 9.88. The summed E-state index contributed by atoms with van der Waals surface area (Å²) < 4.78 is 13.9. The van der Waals surface area contributed by atoms with Gasteiger partial charge in [-0.1, -0.05) is 0 Å². The molecule has 2 aliphatic rings. The summed E-state index contributed by atoms with van der Waals surface area (Å²) in [6, 6.07) is 4.48. The molecular formula is C19H28FN3O2. The molecule has 2 fully saturated rings. The fourth-order valence-electron chi connectivity index (χ4n) is 3.73. The van der Waals surface area contributed by atoms with Gasteiger partial charge in [0.25, 0.3) is 0 Å². The second-order valence-electron chi connectivity index (χ2n) is 7.60. The van der Waals surface area contributed by atoms with Crippen LogP contribution in [0.5, 0.6) is 0 Å². The van der Waals surface area contributed by atoms with E-state index < -0.39 is 5.41 Å². The van der Waals surface area contributed by atoms with E-state index in [1.807, 2.05) is 13.8 Å². The van der Waals surface area contributed by atoms with Crippen LogP contribution in [0.1, 0.15) is 44.7 Å². The highest BCUT2D eigenvalue weighted by molar-refractivity contribution is 5.83. The number of nitrogens with zero attached hydrogens (tertiary/aromatic N) is 1. The van der Waals surface area contributed by atoms with Crippen molar-refractivity contribution in [3.8, 4) is 0 Å². The zero-order valence-corrected chi connectivity index (χ0v) is 15.0. The van der Waals surface area contributed by atoms with Crippen molar-refractivity contribution in [3.05, 3.63) is 29.6 Å². The molecule has 1 aromatic rings. The van der Waals surface area contributed by atoms with Gasteiger partial charge in [-0.15, -0.1) is 0 Å². The van der Waals surface area contributed by atoms with E-state index in [1.165, 1.54) is 12.1 Å². The number of benzene rings is 1. The number of carbonyl (C=O) groups is 1. The molecule has 2 aliphatic heterocycles. The molecular weight excluding hydrogens is 321 g/mol. The summed E-state index contributed by atoms with van der Waals surface area (Å²) in [6.07, 6.45) is 1.97. The average molecular weight is 349 g/mol. The van der Waals surface area contributed by atoms with Crippen LogP contribution in [-0.2, 0) is 4.79 Å². The summed E-state index contributed by atoms with van der Waals surface area (Å²) in [5, 5.41) is 16.0. The van der Waals surface area contributed by atoms with Gasteiger partial charge in [0.05, 0.1) is 17.6 Å². The highest BCUT2D eigenvalue weighted by Crippen LogP contribution is 2.31. The Hall–Kier alpha value is -1.66. The smallest absolute Gasteiger partial charge is 0.227 e. The number of piperidine rings is 1. The lowest BCUT2D eigenvalue weighted by Crippen LogP contribution is -2.42. The first-order valence-corrected chi connectivity index (χ1v) is 9.13. The maximum Gasteiger partial charge on any atom is 0.227 e. The number of carbonyl (C=O) groups excluding carboxylic acids is 1. The van der Waals surface area contributed by atoms with Gasteiger partial charge in [-0.25, -0.2) is 4.39 Å². The van der Waals surface area contributed by atoms with Crippen molar-refractivity contribution < 1.29 is 14.3 Å². The Balaban J connectivity index is 1.78. The third-order valence-electron chi connectivity index (χ3n) is 5.53. The first-order valence-electron chi connectivity index (χ1n) is 9.13. The Morgan fingerprint density at radius 3 is 2.80 bits per heavy atom. The number of nitrogens with one attached hydrogen (secondary N) is 2. The van der Waals surface area contributed by atoms with E-state index in [4.69, 9.17) is 0 Å². The summed E-state index contributed by atoms with van der Waals surface area (Å²) in [7, 11) is 0. The number of hydrogen-bond donors (Lipinski definition) is 3. The van der Waals surface area contributed by atoms with E-state index in [9.17, 15) is 14.3 Å². The molecule has 138 valence electrons. The number of amides is 1. The van der Waals surface area contributed by atoms with Gasteiger partial charge in [-0.2, -0.15) is 0 Å². The average Bonchev–Trinajstić information content (AvgIpc) is 3.04. The molecule has 0 aromatic heterocycles. The fourth-order valence-corrected chi connectivity index (χ4v) is 3.73. The molecule has 2 saturated heterocycles. The SMILES string of the molecule is C[C@@H](NC(=O)[C@@]1(C)CCNC1)c1cc(F)ccc1N1CCC(O)CC1. The largest absolute Gasteiger partial charge is 0.393 e. The predicted molar refractivity (Wildman–Crippen MR) is 96.0 cm³/mol. The topological polar surface area (TPSA) is 64.6 Å².